The fourth-order valence-electron chi connectivity index (χ4n) is 2.09. The molecule has 2 rings (SSSR count). The zero-order valence-electron chi connectivity index (χ0n) is 12.3. The molecule has 2 aromatic rings. The number of benzene rings is 1. The number of rotatable bonds is 6. The SMILES string of the molecule is CCOc1c(C)cc(S(=O)(=O)NCc2ccsc2)cc1C. The summed E-state index contributed by atoms with van der Waals surface area (Å²) in [5.74, 6) is 0.759. The van der Waals surface area contributed by atoms with Gasteiger partial charge in [0.2, 0.25) is 10.0 Å². The van der Waals surface area contributed by atoms with E-state index in [4.69, 9.17) is 4.74 Å². The molecule has 4 nitrogen and oxygen atoms in total. The summed E-state index contributed by atoms with van der Waals surface area (Å²) < 4.78 is 32.9. The van der Waals surface area contributed by atoms with Crippen molar-refractivity contribution in [2.24, 2.45) is 0 Å². The van der Waals surface area contributed by atoms with Gasteiger partial charge in [-0.1, -0.05) is 0 Å². The van der Waals surface area contributed by atoms with E-state index in [1.54, 1.807) is 23.5 Å². The van der Waals surface area contributed by atoms with Crippen LogP contribution in [0.15, 0.2) is 33.9 Å². The average molecular weight is 325 g/mol. The van der Waals surface area contributed by atoms with E-state index in [0.717, 1.165) is 22.4 Å². The number of nitrogens with one attached hydrogen (secondary N) is 1. The van der Waals surface area contributed by atoms with Crippen LogP contribution in [0.5, 0.6) is 5.75 Å². The third-order valence-electron chi connectivity index (χ3n) is 3.08. The van der Waals surface area contributed by atoms with Crippen LogP contribution in [0, 0.1) is 13.8 Å². The quantitative estimate of drug-likeness (QED) is 0.887. The van der Waals surface area contributed by atoms with Gasteiger partial charge in [-0.25, -0.2) is 13.1 Å². The van der Waals surface area contributed by atoms with E-state index >= 15 is 0 Å². The van der Waals surface area contributed by atoms with Gasteiger partial charge in [0.05, 0.1) is 11.5 Å². The standard InChI is InChI=1S/C15H19NO3S2/c1-4-19-15-11(2)7-14(8-12(15)3)21(17,18)16-9-13-5-6-20-10-13/h5-8,10,16H,4,9H2,1-3H3. The number of thiophene rings is 1. The monoisotopic (exact) mass is 325 g/mol. The highest BCUT2D eigenvalue weighted by Gasteiger charge is 2.17. The first-order valence-electron chi connectivity index (χ1n) is 6.69. The van der Waals surface area contributed by atoms with Gasteiger partial charge in [-0.3, -0.25) is 0 Å². The van der Waals surface area contributed by atoms with E-state index in [0.29, 0.717) is 13.2 Å². The fraction of sp³-hybridized carbons (Fsp3) is 0.333. The average Bonchev–Trinajstić information content (AvgIpc) is 2.94. The molecule has 0 atom stereocenters. The fourth-order valence-corrected chi connectivity index (χ4v) is 3.95. The minimum Gasteiger partial charge on any atom is -0.493 e. The lowest BCUT2D eigenvalue weighted by atomic mass is 10.1. The number of hydrogen-bond acceptors (Lipinski definition) is 4. The van der Waals surface area contributed by atoms with Crippen LogP contribution in [0.4, 0.5) is 0 Å². The molecular formula is C15H19NO3S2. The van der Waals surface area contributed by atoms with Gasteiger partial charge in [0, 0.05) is 6.54 Å². The molecule has 0 aliphatic carbocycles. The molecule has 1 N–H and O–H groups in total. The van der Waals surface area contributed by atoms with Gasteiger partial charge in [-0.05, 0) is 66.4 Å². The van der Waals surface area contributed by atoms with Crippen LogP contribution in [0.1, 0.15) is 23.6 Å². The summed E-state index contributed by atoms with van der Waals surface area (Å²) in [6, 6.07) is 5.20. The van der Waals surface area contributed by atoms with Crippen molar-refractivity contribution in [1.82, 2.24) is 4.72 Å². The summed E-state index contributed by atoms with van der Waals surface area (Å²) in [7, 11) is -3.51. The largest absolute Gasteiger partial charge is 0.493 e. The first-order chi connectivity index (χ1) is 9.94. The highest BCUT2D eigenvalue weighted by atomic mass is 32.2. The molecule has 0 saturated heterocycles. The van der Waals surface area contributed by atoms with E-state index < -0.39 is 10.0 Å². The molecule has 0 saturated carbocycles. The first kappa shape index (κ1) is 16.0. The smallest absolute Gasteiger partial charge is 0.240 e. The van der Waals surface area contributed by atoms with Crippen LogP contribution in [0.25, 0.3) is 0 Å². The number of aryl methyl sites for hydroxylation is 2. The van der Waals surface area contributed by atoms with E-state index in [-0.39, 0.29) is 4.90 Å². The molecule has 0 bridgehead atoms. The van der Waals surface area contributed by atoms with Crippen LogP contribution in [0.3, 0.4) is 0 Å². The van der Waals surface area contributed by atoms with E-state index in [1.807, 2.05) is 37.6 Å². The zero-order valence-corrected chi connectivity index (χ0v) is 14.0. The maximum Gasteiger partial charge on any atom is 0.240 e. The number of hydrogen-bond donors (Lipinski definition) is 1. The van der Waals surface area contributed by atoms with Gasteiger partial charge in [0.1, 0.15) is 5.75 Å². The Bertz CT molecular complexity index is 684. The van der Waals surface area contributed by atoms with Gasteiger partial charge >= 0.3 is 0 Å². The second kappa shape index (κ2) is 6.60. The van der Waals surface area contributed by atoms with Gasteiger partial charge in [0.15, 0.2) is 0 Å². The number of sulfonamides is 1. The normalized spacial score (nSPS) is 11.6. The van der Waals surface area contributed by atoms with E-state index in [2.05, 4.69) is 4.72 Å². The topological polar surface area (TPSA) is 55.4 Å². The van der Waals surface area contributed by atoms with Crippen LogP contribution >= 0.6 is 11.3 Å². The van der Waals surface area contributed by atoms with Crippen molar-refractivity contribution >= 4 is 21.4 Å². The summed E-state index contributed by atoms with van der Waals surface area (Å²) in [5.41, 5.74) is 2.61. The second-order valence-corrected chi connectivity index (χ2v) is 7.32. The molecule has 21 heavy (non-hydrogen) atoms. The molecule has 1 aromatic carbocycles. The molecule has 0 fully saturated rings. The minimum atomic E-state index is -3.51. The third kappa shape index (κ3) is 3.84. The minimum absolute atomic E-state index is 0.274. The summed E-state index contributed by atoms with van der Waals surface area (Å²) in [5, 5.41) is 3.85. The van der Waals surface area contributed by atoms with E-state index in [1.165, 1.54) is 0 Å². The Morgan fingerprint density at radius 1 is 1.24 bits per heavy atom. The van der Waals surface area contributed by atoms with Crippen molar-refractivity contribution in [3.05, 3.63) is 45.6 Å². The molecule has 0 amide bonds. The van der Waals surface area contributed by atoms with Crippen molar-refractivity contribution < 1.29 is 13.2 Å². The van der Waals surface area contributed by atoms with Gasteiger partial charge < -0.3 is 4.74 Å². The van der Waals surface area contributed by atoms with E-state index in [9.17, 15) is 8.42 Å². The molecule has 0 spiro atoms. The van der Waals surface area contributed by atoms with Crippen LogP contribution in [0.2, 0.25) is 0 Å². The number of ether oxygens (including phenoxy) is 1. The van der Waals surface area contributed by atoms with Crippen molar-refractivity contribution in [3.8, 4) is 5.75 Å². The summed E-state index contributed by atoms with van der Waals surface area (Å²) in [6.07, 6.45) is 0. The molecule has 0 aliphatic rings. The molecule has 6 heteroatoms. The van der Waals surface area contributed by atoms with Crippen molar-refractivity contribution in [3.63, 3.8) is 0 Å². The maximum absolute atomic E-state index is 12.4. The molecule has 1 heterocycles. The molecule has 0 radical (unpaired) electrons. The van der Waals surface area contributed by atoms with Gasteiger partial charge in [0.25, 0.3) is 0 Å². The lowest BCUT2D eigenvalue weighted by molar-refractivity contribution is 0.335. The second-order valence-electron chi connectivity index (χ2n) is 4.78. The molecule has 114 valence electrons. The van der Waals surface area contributed by atoms with Crippen LogP contribution in [-0.2, 0) is 16.6 Å². The third-order valence-corrected chi connectivity index (χ3v) is 5.19. The Kier molecular flexibility index (Phi) is 5.03. The Labute approximate surface area is 129 Å². The molecule has 1 aromatic heterocycles. The Morgan fingerprint density at radius 3 is 2.43 bits per heavy atom. The van der Waals surface area contributed by atoms with Crippen LogP contribution in [-0.4, -0.2) is 15.0 Å². The van der Waals surface area contributed by atoms with Crippen LogP contribution < -0.4 is 9.46 Å². The lowest BCUT2D eigenvalue weighted by Crippen LogP contribution is -2.23. The summed E-state index contributed by atoms with van der Waals surface area (Å²) in [4.78, 5) is 0.274. The highest BCUT2D eigenvalue weighted by Crippen LogP contribution is 2.27. The molecular weight excluding hydrogens is 306 g/mol. The summed E-state index contributed by atoms with van der Waals surface area (Å²) >= 11 is 1.55. The molecule has 0 aliphatic heterocycles. The predicted molar refractivity (Wildman–Crippen MR) is 85.4 cm³/mol. The van der Waals surface area contributed by atoms with Gasteiger partial charge in [-0.15, -0.1) is 0 Å². The first-order valence-corrected chi connectivity index (χ1v) is 9.11. The van der Waals surface area contributed by atoms with Crippen molar-refractivity contribution in [1.29, 1.82) is 0 Å². The maximum atomic E-state index is 12.4. The zero-order chi connectivity index (χ0) is 15.5. The van der Waals surface area contributed by atoms with Crippen molar-refractivity contribution in [2.45, 2.75) is 32.2 Å². The predicted octanol–water partition coefficient (Wildman–Crippen LogP) is 3.24. The van der Waals surface area contributed by atoms with Crippen molar-refractivity contribution in [2.75, 3.05) is 6.61 Å². The highest BCUT2D eigenvalue weighted by molar-refractivity contribution is 7.89. The van der Waals surface area contributed by atoms with Gasteiger partial charge in [-0.2, -0.15) is 11.3 Å². The Balaban J connectivity index is 2.23. The summed E-state index contributed by atoms with van der Waals surface area (Å²) in [6.45, 7) is 6.49. The Hall–Kier alpha value is -1.37. The molecule has 0 unspecified atom stereocenters. The lowest BCUT2D eigenvalue weighted by Gasteiger charge is -2.13. The Morgan fingerprint density at radius 2 is 1.90 bits per heavy atom.